The number of hydrogen-bond donors (Lipinski definition) is 2. The van der Waals surface area contributed by atoms with Crippen LogP contribution in [0.15, 0.2) is 28.7 Å². The van der Waals surface area contributed by atoms with E-state index < -0.39 is 0 Å². The summed E-state index contributed by atoms with van der Waals surface area (Å²) in [5, 5.41) is 12.0. The van der Waals surface area contributed by atoms with Crippen molar-refractivity contribution in [1.82, 2.24) is 5.32 Å². The van der Waals surface area contributed by atoms with Crippen LogP contribution in [-0.2, 0) is 6.54 Å². The van der Waals surface area contributed by atoms with Crippen molar-refractivity contribution in [1.29, 1.82) is 0 Å². The molecular weight excluding hydrogens is 266 g/mol. The van der Waals surface area contributed by atoms with Crippen molar-refractivity contribution >= 4 is 15.9 Å². The number of unbranched alkanes of at least 4 members (excludes halogenated alkanes) is 3. The molecule has 90 valence electrons. The van der Waals surface area contributed by atoms with Crippen LogP contribution in [-0.4, -0.2) is 18.3 Å². The summed E-state index contributed by atoms with van der Waals surface area (Å²) in [6, 6.07) is 8.39. The minimum Gasteiger partial charge on any atom is -0.396 e. The van der Waals surface area contributed by atoms with Crippen molar-refractivity contribution in [3.63, 3.8) is 0 Å². The number of aliphatic hydroxyl groups is 1. The van der Waals surface area contributed by atoms with Crippen molar-refractivity contribution in [2.24, 2.45) is 0 Å². The van der Waals surface area contributed by atoms with Gasteiger partial charge in [0.1, 0.15) is 0 Å². The van der Waals surface area contributed by atoms with E-state index in [9.17, 15) is 0 Å². The second-order valence-electron chi connectivity index (χ2n) is 3.94. The maximum Gasteiger partial charge on any atom is 0.0431 e. The van der Waals surface area contributed by atoms with E-state index in [0.717, 1.165) is 30.4 Å². The lowest BCUT2D eigenvalue weighted by Crippen LogP contribution is -2.14. The molecule has 1 aromatic rings. The molecule has 0 radical (unpaired) electrons. The van der Waals surface area contributed by atoms with Crippen molar-refractivity contribution in [2.45, 2.75) is 32.2 Å². The predicted molar refractivity (Wildman–Crippen MR) is 71.4 cm³/mol. The average molecular weight is 286 g/mol. The van der Waals surface area contributed by atoms with Crippen molar-refractivity contribution in [3.05, 3.63) is 34.3 Å². The molecule has 0 atom stereocenters. The fourth-order valence-corrected chi connectivity index (χ4v) is 1.81. The SMILES string of the molecule is OCCCCCCNCc1ccc(Br)cc1. The Hall–Kier alpha value is -0.380. The van der Waals surface area contributed by atoms with Gasteiger partial charge in [0.2, 0.25) is 0 Å². The number of rotatable bonds is 8. The van der Waals surface area contributed by atoms with Gasteiger partial charge in [-0.1, -0.05) is 40.9 Å². The lowest BCUT2D eigenvalue weighted by atomic mass is 10.2. The van der Waals surface area contributed by atoms with E-state index >= 15 is 0 Å². The third-order valence-electron chi connectivity index (χ3n) is 2.50. The molecule has 3 heteroatoms. The molecule has 0 spiro atoms. The number of benzene rings is 1. The highest BCUT2D eigenvalue weighted by atomic mass is 79.9. The third-order valence-corrected chi connectivity index (χ3v) is 3.03. The van der Waals surface area contributed by atoms with Gasteiger partial charge in [-0.3, -0.25) is 0 Å². The highest BCUT2D eigenvalue weighted by Crippen LogP contribution is 2.10. The second kappa shape index (κ2) is 8.74. The highest BCUT2D eigenvalue weighted by Gasteiger charge is 1.93. The van der Waals surface area contributed by atoms with Crippen LogP contribution in [0.3, 0.4) is 0 Å². The molecule has 0 aliphatic rings. The van der Waals surface area contributed by atoms with Crippen LogP contribution >= 0.6 is 15.9 Å². The molecule has 16 heavy (non-hydrogen) atoms. The molecule has 0 bridgehead atoms. The van der Waals surface area contributed by atoms with Crippen LogP contribution in [0.1, 0.15) is 31.2 Å². The first-order valence-corrected chi connectivity index (χ1v) is 6.68. The molecule has 0 fully saturated rings. The summed E-state index contributed by atoms with van der Waals surface area (Å²) in [7, 11) is 0. The molecule has 0 aliphatic heterocycles. The van der Waals surface area contributed by atoms with E-state index in [1.807, 2.05) is 0 Å². The first kappa shape index (κ1) is 13.7. The summed E-state index contributed by atoms with van der Waals surface area (Å²) in [5.74, 6) is 0. The average Bonchev–Trinajstić information content (AvgIpc) is 2.30. The van der Waals surface area contributed by atoms with Gasteiger partial charge in [0, 0.05) is 17.6 Å². The molecule has 0 unspecified atom stereocenters. The lowest BCUT2D eigenvalue weighted by molar-refractivity contribution is 0.282. The molecule has 0 aromatic heterocycles. The zero-order valence-corrected chi connectivity index (χ0v) is 11.2. The normalized spacial score (nSPS) is 10.6. The molecule has 0 saturated heterocycles. The van der Waals surface area contributed by atoms with Crippen molar-refractivity contribution in [3.8, 4) is 0 Å². The zero-order chi connectivity index (χ0) is 11.6. The topological polar surface area (TPSA) is 32.3 Å². The summed E-state index contributed by atoms with van der Waals surface area (Å²) in [6.45, 7) is 2.32. The van der Waals surface area contributed by atoms with E-state index in [-0.39, 0.29) is 0 Å². The number of aliphatic hydroxyl groups excluding tert-OH is 1. The molecule has 1 rings (SSSR count). The number of nitrogens with one attached hydrogen (secondary N) is 1. The Labute approximate surface area is 106 Å². The number of hydrogen-bond acceptors (Lipinski definition) is 2. The first-order valence-electron chi connectivity index (χ1n) is 5.89. The zero-order valence-electron chi connectivity index (χ0n) is 9.58. The van der Waals surface area contributed by atoms with Gasteiger partial charge < -0.3 is 10.4 Å². The van der Waals surface area contributed by atoms with E-state index in [1.54, 1.807) is 0 Å². The van der Waals surface area contributed by atoms with Gasteiger partial charge in [-0.15, -0.1) is 0 Å². The number of halogens is 1. The van der Waals surface area contributed by atoms with E-state index in [2.05, 4.69) is 45.5 Å². The summed E-state index contributed by atoms with van der Waals surface area (Å²) >= 11 is 3.42. The molecule has 0 aliphatic carbocycles. The van der Waals surface area contributed by atoms with Crippen molar-refractivity contribution < 1.29 is 5.11 Å². The molecule has 2 N–H and O–H groups in total. The summed E-state index contributed by atoms with van der Waals surface area (Å²) in [6.07, 6.45) is 4.47. The van der Waals surface area contributed by atoms with Crippen molar-refractivity contribution in [2.75, 3.05) is 13.2 Å². The van der Waals surface area contributed by atoms with Crippen LogP contribution in [0.2, 0.25) is 0 Å². The Bertz CT molecular complexity index is 274. The van der Waals surface area contributed by atoms with E-state index in [1.165, 1.54) is 18.4 Å². The molecule has 2 nitrogen and oxygen atoms in total. The van der Waals surface area contributed by atoms with Gasteiger partial charge in [0.15, 0.2) is 0 Å². The minimum absolute atomic E-state index is 0.326. The third kappa shape index (κ3) is 6.26. The summed E-state index contributed by atoms with van der Waals surface area (Å²) in [4.78, 5) is 0. The largest absolute Gasteiger partial charge is 0.396 e. The fraction of sp³-hybridized carbons (Fsp3) is 0.538. The van der Waals surface area contributed by atoms with Crippen LogP contribution < -0.4 is 5.32 Å². The van der Waals surface area contributed by atoms with Gasteiger partial charge in [-0.2, -0.15) is 0 Å². The molecule has 0 heterocycles. The van der Waals surface area contributed by atoms with Gasteiger partial charge >= 0.3 is 0 Å². The minimum atomic E-state index is 0.326. The Morgan fingerprint density at radius 1 is 1.00 bits per heavy atom. The molecule has 0 saturated carbocycles. The van der Waals surface area contributed by atoms with Gasteiger partial charge in [0.25, 0.3) is 0 Å². The van der Waals surface area contributed by atoms with E-state index in [4.69, 9.17) is 5.11 Å². The van der Waals surface area contributed by atoms with Crippen LogP contribution in [0, 0.1) is 0 Å². The molecule has 1 aromatic carbocycles. The van der Waals surface area contributed by atoms with E-state index in [0.29, 0.717) is 6.61 Å². The maximum atomic E-state index is 8.62. The van der Waals surface area contributed by atoms with Crippen LogP contribution in [0.5, 0.6) is 0 Å². The van der Waals surface area contributed by atoms with Gasteiger partial charge in [-0.25, -0.2) is 0 Å². The standard InChI is InChI=1S/C13H20BrNO/c14-13-7-5-12(6-8-13)11-15-9-3-1-2-4-10-16/h5-8,15-16H,1-4,9-11H2. The van der Waals surface area contributed by atoms with Crippen LogP contribution in [0.25, 0.3) is 0 Å². The fourth-order valence-electron chi connectivity index (χ4n) is 1.55. The monoisotopic (exact) mass is 285 g/mol. The van der Waals surface area contributed by atoms with Gasteiger partial charge in [0.05, 0.1) is 0 Å². The summed E-state index contributed by atoms with van der Waals surface area (Å²) < 4.78 is 1.13. The highest BCUT2D eigenvalue weighted by molar-refractivity contribution is 9.10. The quantitative estimate of drug-likeness (QED) is 0.720. The smallest absolute Gasteiger partial charge is 0.0431 e. The Morgan fingerprint density at radius 3 is 2.38 bits per heavy atom. The Balaban J connectivity index is 2.01. The Kier molecular flexibility index (Phi) is 7.47. The molecular formula is C13H20BrNO. The van der Waals surface area contributed by atoms with Crippen LogP contribution in [0.4, 0.5) is 0 Å². The lowest BCUT2D eigenvalue weighted by Gasteiger charge is -2.04. The molecule has 0 amide bonds. The first-order chi connectivity index (χ1) is 7.83. The summed E-state index contributed by atoms with van der Waals surface area (Å²) in [5.41, 5.74) is 1.32. The Morgan fingerprint density at radius 2 is 1.69 bits per heavy atom. The van der Waals surface area contributed by atoms with Gasteiger partial charge in [-0.05, 0) is 37.1 Å². The second-order valence-corrected chi connectivity index (χ2v) is 4.86. The maximum absolute atomic E-state index is 8.62. The predicted octanol–water partition coefficient (Wildman–Crippen LogP) is 3.09.